The van der Waals surface area contributed by atoms with E-state index in [-0.39, 0.29) is 12.3 Å². The van der Waals surface area contributed by atoms with Crippen LogP contribution in [0.4, 0.5) is 0 Å². The Bertz CT molecular complexity index is 592. The second kappa shape index (κ2) is 5.15. The lowest BCUT2D eigenvalue weighted by atomic mass is 10.0. The standard InChI is InChI=1S/C15H12N2O/c16-10-12-3-7-14(8-4-12)13-5-1-11(2-6-13)9-15(17)18/h1-8H,9H2,(H2,17,18). The maximum atomic E-state index is 10.8. The van der Waals surface area contributed by atoms with E-state index in [2.05, 4.69) is 6.07 Å². The highest BCUT2D eigenvalue weighted by Crippen LogP contribution is 2.20. The average Bonchev–Trinajstić information content (AvgIpc) is 2.39. The quantitative estimate of drug-likeness (QED) is 0.888. The molecule has 18 heavy (non-hydrogen) atoms. The van der Waals surface area contributed by atoms with Gasteiger partial charge in [0, 0.05) is 0 Å². The molecule has 0 spiro atoms. The van der Waals surface area contributed by atoms with Gasteiger partial charge in [0.05, 0.1) is 18.1 Å². The van der Waals surface area contributed by atoms with Crippen molar-refractivity contribution in [2.75, 3.05) is 0 Å². The zero-order valence-corrected chi connectivity index (χ0v) is 9.76. The van der Waals surface area contributed by atoms with E-state index in [4.69, 9.17) is 11.0 Å². The van der Waals surface area contributed by atoms with E-state index < -0.39 is 0 Å². The van der Waals surface area contributed by atoms with E-state index in [1.54, 1.807) is 12.1 Å². The zero-order chi connectivity index (χ0) is 13.0. The summed E-state index contributed by atoms with van der Waals surface area (Å²) in [4.78, 5) is 10.8. The molecule has 2 rings (SSSR count). The van der Waals surface area contributed by atoms with Gasteiger partial charge < -0.3 is 5.73 Å². The van der Waals surface area contributed by atoms with Crippen molar-refractivity contribution in [3.05, 3.63) is 59.7 Å². The molecule has 0 saturated heterocycles. The maximum Gasteiger partial charge on any atom is 0.221 e. The summed E-state index contributed by atoms with van der Waals surface area (Å²) in [5.74, 6) is -0.332. The SMILES string of the molecule is N#Cc1ccc(-c2ccc(CC(N)=O)cc2)cc1. The molecule has 0 aromatic heterocycles. The van der Waals surface area contributed by atoms with E-state index in [0.717, 1.165) is 16.7 Å². The number of nitrogens with two attached hydrogens (primary N) is 1. The number of nitriles is 1. The number of carbonyl (C=O) groups excluding carboxylic acids is 1. The van der Waals surface area contributed by atoms with Crippen LogP contribution < -0.4 is 5.73 Å². The molecule has 0 saturated carbocycles. The van der Waals surface area contributed by atoms with Gasteiger partial charge in [-0.2, -0.15) is 5.26 Å². The lowest BCUT2D eigenvalue weighted by Crippen LogP contribution is -2.13. The minimum Gasteiger partial charge on any atom is -0.369 e. The Morgan fingerprint density at radius 2 is 1.50 bits per heavy atom. The molecule has 0 fully saturated rings. The fourth-order valence-electron chi connectivity index (χ4n) is 1.75. The first-order valence-corrected chi connectivity index (χ1v) is 5.57. The molecular formula is C15H12N2O. The van der Waals surface area contributed by atoms with Gasteiger partial charge in [-0.3, -0.25) is 4.79 Å². The summed E-state index contributed by atoms with van der Waals surface area (Å²) >= 11 is 0. The van der Waals surface area contributed by atoms with Crippen molar-refractivity contribution in [2.45, 2.75) is 6.42 Å². The fraction of sp³-hybridized carbons (Fsp3) is 0.0667. The van der Waals surface area contributed by atoms with E-state index in [9.17, 15) is 4.79 Å². The van der Waals surface area contributed by atoms with Crippen molar-refractivity contribution in [1.82, 2.24) is 0 Å². The summed E-state index contributed by atoms with van der Waals surface area (Å²) in [6, 6.07) is 17.1. The van der Waals surface area contributed by atoms with Gasteiger partial charge in [-0.15, -0.1) is 0 Å². The second-order valence-corrected chi connectivity index (χ2v) is 4.03. The molecule has 0 bridgehead atoms. The van der Waals surface area contributed by atoms with E-state index in [1.807, 2.05) is 36.4 Å². The molecule has 0 radical (unpaired) electrons. The molecule has 88 valence electrons. The van der Waals surface area contributed by atoms with Gasteiger partial charge in [0.2, 0.25) is 5.91 Å². The topological polar surface area (TPSA) is 66.9 Å². The monoisotopic (exact) mass is 236 g/mol. The Kier molecular flexibility index (Phi) is 3.40. The Morgan fingerprint density at radius 1 is 1.00 bits per heavy atom. The Balaban J connectivity index is 2.23. The molecule has 0 atom stereocenters. The number of carbonyl (C=O) groups is 1. The normalized spacial score (nSPS) is 9.72. The first kappa shape index (κ1) is 11.9. The third-order valence-corrected chi connectivity index (χ3v) is 2.68. The summed E-state index contributed by atoms with van der Waals surface area (Å²) in [7, 11) is 0. The van der Waals surface area contributed by atoms with Crippen molar-refractivity contribution in [1.29, 1.82) is 5.26 Å². The molecule has 2 N–H and O–H groups in total. The predicted molar refractivity (Wildman–Crippen MR) is 69.5 cm³/mol. The Morgan fingerprint density at radius 3 is 1.94 bits per heavy atom. The number of hydrogen-bond donors (Lipinski definition) is 1. The largest absolute Gasteiger partial charge is 0.369 e. The summed E-state index contributed by atoms with van der Waals surface area (Å²) in [5.41, 5.74) is 8.77. The molecule has 0 aliphatic carbocycles. The number of nitrogens with zero attached hydrogens (tertiary/aromatic N) is 1. The predicted octanol–water partition coefficient (Wildman–Crippen LogP) is 2.25. The highest BCUT2D eigenvalue weighted by atomic mass is 16.1. The van der Waals surface area contributed by atoms with E-state index >= 15 is 0 Å². The number of benzene rings is 2. The molecule has 0 aliphatic heterocycles. The highest BCUT2D eigenvalue weighted by Gasteiger charge is 2.01. The van der Waals surface area contributed by atoms with Crippen LogP contribution in [0.3, 0.4) is 0 Å². The van der Waals surface area contributed by atoms with Crippen molar-refractivity contribution in [3.63, 3.8) is 0 Å². The van der Waals surface area contributed by atoms with Crippen molar-refractivity contribution >= 4 is 5.91 Å². The van der Waals surface area contributed by atoms with Crippen LogP contribution in [-0.2, 0) is 11.2 Å². The number of hydrogen-bond acceptors (Lipinski definition) is 2. The molecule has 0 unspecified atom stereocenters. The fourth-order valence-corrected chi connectivity index (χ4v) is 1.75. The second-order valence-electron chi connectivity index (χ2n) is 4.03. The van der Waals surface area contributed by atoms with Crippen LogP contribution >= 0.6 is 0 Å². The van der Waals surface area contributed by atoms with Crippen LogP contribution in [0.2, 0.25) is 0 Å². The van der Waals surface area contributed by atoms with Crippen molar-refractivity contribution in [2.24, 2.45) is 5.73 Å². The van der Waals surface area contributed by atoms with E-state index in [0.29, 0.717) is 5.56 Å². The lowest BCUT2D eigenvalue weighted by Gasteiger charge is -2.03. The average molecular weight is 236 g/mol. The van der Waals surface area contributed by atoms with Crippen LogP contribution in [0, 0.1) is 11.3 Å². The van der Waals surface area contributed by atoms with E-state index in [1.165, 1.54) is 0 Å². The van der Waals surface area contributed by atoms with Gasteiger partial charge in [0.15, 0.2) is 0 Å². The minimum absolute atomic E-state index is 0.258. The molecule has 0 heterocycles. The number of rotatable bonds is 3. The first-order valence-electron chi connectivity index (χ1n) is 5.57. The highest BCUT2D eigenvalue weighted by molar-refractivity contribution is 5.77. The molecular weight excluding hydrogens is 224 g/mol. The zero-order valence-electron chi connectivity index (χ0n) is 9.76. The molecule has 2 aromatic carbocycles. The van der Waals surface area contributed by atoms with Gasteiger partial charge in [-0.1, -0.05) is 36.4 Å². The van der Waals surface area contributed by atoms with Gasteiger partial charge in [-0.05, 0) is 28.8 Å². The molecule has 3 nitrogen and oxygen atoms in total. The third kappa shape index (κ3) is 2.74. The molecule has 1 amide bonds. The summed E-state index contributed by atoms with van der Waals surface area (Å²) < 4.78 is 0. The first-order chi connectivity index (χ1) is 8.69. The summed E-state index contributed by atoms with van der Waals surface area (Å²) in [6.45, 7) is 0. The minimum atomic E-state index is -0.332. The van der Waals surface area contributed by atoms with Crippen LogP contribution in [0.15, 0.2) is 48.5 Å². The number of primary amides is 1. The summed E-state index contributed by atoms with van der Waals surface area (Å²) in [5, 5.41) is 8.73. The van der Waals surface area contributed by atoms with Crippen molar-refractivity contribution in [3.8, 4) is 17.2 Å². The maximum absolute atomic E-state index is 10.8. The smallest absolute Gasteiger partial charge is 0.221 e. The molecule has 2 aromatic rings. The Labute approximate surface area is 105 Å². The molecule has 0 aliphatic rings. The van der Waals surface area contributed by atoms with Gasteiger partial charge >= 0.3 is 0 Å². The lowest BCUT2D eigenvalue weighted by molar-refractivity contribution is -0.117. The van der Waals surface area contributed by atoms with Gasteiger partial charge in [-0.25, -0.2) is 0 Å². The molecule has 3 heteroatoms. The third-order valence-electron chi connectivity index (χ3n) is 2.68. The van der Waals surface area contributed by atoms with Crippen LogP contribution in [0.1, 0.15) is 11.1 Å². The Hall–Kier alpha value is -2.60. The van der Waals surface area contributed by atoms with Crippen LogP contribution in [0.5, 0.6) is 0 Å². The van der Waals surface area contributed by atoms with Crippen LogP contribution in [-0.4, -0.2) is 5.91 Å². The number of amides is 1. The van der Waals surface area contributed by atoms with Crippen molar-refractivity contribution < 1.29 is 4.79 Å². The van der Waals surface area contributed by atoms with Gasteiger partial charge in [0.25, 0.3) is 0 Å². The summed E-state index contributed by atoms with van der Waals surface area (Å²) in [6.07, 6.45) is 0.258. The van der Waals surface area contributed by atoms with Gasteiger partial charge in [0.1, 0.15) is 0 Å². The van der Waals surface area contributed by atoms with Crippen LogP contribution in [0.25, 0.3) is 11.1 Å².